The van der Waals surface area contributed by atoms with Crippen molar-refractivity contribution in [2.75, 3.05) is 4.90 Å². The van der Waals surface area contributed by atoms with Gasteiger partial charge in [0.25, 0.3) is 0 Å². The van der Waals surface area contributed by atoms with Gasteiger partial charge in [-0.1, -0.05) is 30.3 Å². The second-order valence-electron chi connectivity index (χ2n) is 7.69. The normalized spacial score (nSPS) is 16.4. The molecule has 0 unspecified atom stereocenters. The molecule has 0 N–H and O–H groups in total. The molecule has 5 nitrogen and oxygen atoms in total. The van der Waals surface area contributed by atoms with E-state index in [1.165, 1.54) is 6.07 Å². The fraction of sp³-hybridized carbons (Fsp3) is 0.261. The topological polar surface area (TPSA) is 59.2 Å². The molecule has 1 aromatic heterocycles. The highest BCUT2D eigenvalue weighted by Crippen LogP contribution is 2.40. The quantitative estimate of drug-likeness (QED) is 0.639. The van der Waals surface area contributed by atoms with E-state index in [1.807, 2.05) is 36.4 Å². The average Bonchev–Trinajstić information content (AvgIpc) is 3.47. The fourth-order valence-corrected chi connectivity index (χ4v) is 3.57. The summed E-state index contributed by atoms with van der Waals surface area (Å²) in [6, 6.07) is 12.8. The van der Waals surface area contributed by atoms with Crippen LogP contribution in [0.3, 0.4) is 0 Å². The molecule has 146 valence electrons. The van der Waals surface area contributed by atoms with Crippen molar-refractivity contribution in [3.8, 4) is 0 Å². The third-order valence-corrected chi connectivity index (χ3v) is 5.42. The number of carbonyl (C=O) groups excluding carboxylic acids is 1. The Morgan fingerprint density at radius 2 is 2.00 bits per heavy atom. The largest absolute Gasteiger partial charge is 0.421 e. The van der Waals surface area contributed by atoms with Crippen LogP contribution in [0.2, 0.25) is 0 Å². The van der Waals surface area contributed by atoms with Crippen LogP contribution in [0.1, 0.15) is 53.7 Å². The van der Waals surface area contributed by atoms with Crippen molar-refractivity contribution in [1.82, 2.24) is 10.2 Å². The average molecular weight is 389 g/mol. The Labute approximate surface area is 167 Å². The fourth-order valence-electron chi connectivity index (χ4n) is 3.57. The molecule has 2 aromatic carbocycles. The molecule has 1 aliphatic carbocycles. The molecule has 2 aliphatic rings. The van der Waals surface area contributed by atoms with E-state index in [4.69, 9.17) is 4.42 Å². The summed E-state index contributed by atoms with van der Waals surface area (Å²) in [5.41, 5.74) is 3.72. The SMILES string of the molecule is Cc1ccc(CN2C(=O)CC(c3nnc(C4CC4)o3)=Cc3ccccc32)cc1F. The van der Waals surface area contributed by atoms with Crippen LogP contribution in [0.25, 0.3) is 11.6 Å². The number of nitrogens with zero attached hydrogens (tertiary/aromatic N) is 3. The van der Waals surface area contributed by atoms with Crippen molar-refractivity contribution in [1.29, 1.82) is 0 Å². The third-order valence-electron chi connectivity index (χ3n) is 5.42. The van der Waals surface area contributed by atoms with Gasteiger partial charge in [-0.2, -0.15) is 0 Å². The zero-order chi connectivity index (χ0) is 20.0. The predicted molar refractivity (Wildman–Crippen MR) is 108 cm³/mol. The summed E-state index contributed by atoms with van der Waals surface area (Å²) in [5, 5.41) is 8.32. The van der Waals surface area contributed by atoms with Crippen LogP contribution in [-0.4, -0.2) is 16.1 Å². The lowest BCUT2D eigenvalue weighted by Crippen LogP contribution is -2.30. The van der Waals surface area contributed by atoms with E-state index in [1.54, 1.807) is 17.9 Å². The minimum absolute atomic E-state index is 0.0895. The van der Waals surface area contributed by atoms with Gasteiger partial charge in [-0.25, -0.2) is 4.39 Å². The maximum absolute atomic E-state index is 14.0. The van der Waals surface area contributed by atoms with E-state index >= 15 is 0 Å². The Hall–Kier alpha value is -3.28. The van der Waals surface area contributed by atoms with Crippen LogP contribution in [0.5, 0.6) is 0 Å². The number of anilines is 1. The second kappa shape index (κ2) is 6.95. The van der Waals surface area contributed by atoms with Gasteiger partial charge in [0, 0.05) is 11.5 Å². The summed E-state index contributed by atoms with van der Waals surface area (Å²) in [5.74, 6) is 1.05. The van der Waals surface area contributed by atoms with E-state index in [2.05, 4.69) is 10.2 Å². The molecule has 0 saturated heterocycles. The van der Waals surface area contributed by atoms with Crippen LogP contribution >= 0.6 is 0 Å². The van der Waals surface area contributed by atoms with Crippen molar-refractivity contribution < 1.29 is 13.6 Å². The monoisotopic (exact) mass is 389 g/mol. The second-order valence-corrected chi connectivity index (χ2v) is 7.69. The van der Waals surface area contributed by atoms with Gasteiger partial charge in [-0.3, -0.25) is 4.79 Å². The molecule has 2 heterocycles. The lowest BCUT2D eigenvalue weighted by atomic mass is 10.1. The van der Waals surface area contributed by atoms with E-state index in [-0.39, 0.29) is 18.1 Å². The first-order valence-corrected chi connectivity index (χ1v) is 9.77. The first kappa shape index (κ1) is 17.8. The van der Waals surface area contributed by atoms with E-state index in [9.17, 15) is 9.18 Å². The van der Waals surface area contributed by atoms with Crippen molar-refractivity contribution in [3.63, 3.8) is 0 Å². The number of benzene rings is 2. The van der Waals surface area contributed by atoms with Crippen LogP contribution < -0.4 is 4.90 Å². The standard InChI is InChI=1S/C23H20FN3O2/c1-14-6-7-15(10-19(14)24)13-27-20-5-3-2-4-17(20)11-18(12-21(27)28)23-26-25-22(29-23)16-8-9-16/h2-7,10-11,16H,8-9,12-13H2,1H3. The minimum atomic E-state index is -0.268. The van der Waals surface area contributed by atoms with Crippen molar-refractivity contribution in [2.24, 2.45) is 0 Å². The Morgan fingerprint density at radius 3 is 2.79 bits per heavy atom. The van der Waals surface area contributed by atoms with Gasteiger partial charge in [0.05, 0.1) is 18.7 Å². The molecular weight excluding hydrogens is 369 g/mol. The van der Waals surface area contributed by atoms with Gasteiger partial charge in [0.2, 0.25) is 17.7 Å². The molecule has 0 spiro atoms. The summed E-state index contributed by atoms with van der Waals surface area (Å²) in [6.07, 6.45) is 4.23. The third kappa shape index (κ3) is 3.46. The van der Waals surface area contributed by atoms with Crippen molar-refractivity contribution in [3.05, 3.63) is 76.8 Å². The Bertz CT molecular complexity index is 1130. The van der Waals surface area contributed by atoms with Crippen molar-refractivity contribution >= 4 is 23.2 Å². The molecule has 3 aromatic rings. The van der Waals surface area contributed by atoms with Crippen LogP contribution in [-0.2, 0) is 11.3 Å². The number of halogens is 1. The Morgan fingerprint density at radius 1 is 1.17 bits per heavy atom. The summed E-state index contributed by atoms with van der Waals surface area (Å²) < 4.78 is 19.9. The number of rotatable bonds is 4. The van der Waals surface area contributed by atoms with Crippen molar-refractivity contribution in [2.45, 2.75) is 38.6 Å². The number of hydrogen-bond donors (Lipinski definition) is 0. The molecule has 5 rings (SSSR count). The lowest BCUT2D eigenvalue weighted by molar-refractivity contribution is -0.117. The van der Waals surface area contributed by atoms with Gasteiger partial charge >= 0.3 is 0 Å². The number of hydrogen-bond acceptors (Lipinski definition) is 4. The number of fused-ring (bicyclic) bond motifs is 1. The smallest absolute Gasteiger partial charge is 0.244 e. The highest BCUT2D eigenvalue weighted by molar-refractivity contribution is 6.06. The van der Waals surface area contributed by atoms with E-state index in [0.29, 0.717) is 35.4 Å². The molecule has 1 fully saturated rings. The highest BCUT2D eigenvalue weighted by atomic mass is 19.1. The molecular formula is C23H20FN3O2. The molecule has 1 amide bonds. The number of amides is 1. The Kier molecular flexibility index (Phi) is 4.27. The zero-order valence-electron chi connectivity index (χ0n) is 16.1. The highest BCUT2D eigenvalue weighted by Gasteiger charge is 2.31. The lowest BCUT2D eigenvalue weighted by Gasteiger charge is -2.23. The van der Waals surface area contributed by atoms with Gasteiger partial charge < -0.3 is 9.32 Å². The van der Waals surface area contributed by atoms with E-state index < -0.39 is 0 Å². The summed E-state index contributed by atoms with van der Waals surface area (Å²) in [6.45, 7) is 2.02. The molecule has 1 aliphatic heterocycles. The van der Waals surface area contributed by atoms with Gasteiger partial charge in [-0.05, 0) is 54.7 Å². The predicted octanol–water partition coefficient (Wildman–Crippen LogP) is 4.87. The first-order chi connectivity index (χ1) is 14.1. The summed E-state index contributed by atoms with van der Waals surface area (Å²) in [4.78, 5) is 14.9. The molecule has 0 radical (unpaired) electrons. The van der Waals surface area contributed by atoms with Crippen LogP contribution in [0.4, 0.5) is 10.1 Å². The molecule has 0 bridgehead atoms. The summed E-state index contributed by atoms with van der Waals surface area (Å²) in [7, 11) is 0. The zero-order valence-corrected chi connectivity index (χ0v) is 16.1. The molecule has 6 heteroatoms. The Balaban J connectivity index is 1.50. The minimum Gasteiger partial charge on any atom is -0.421 e. The maximum atomic E-state index is 14.0. The summed E-state index contributed by atoms with van der Waals surface area (Å²) >= 11 is 0. The molecule has 1 saturated carbocycles. The maximum Gasteiger partial charge on any atom is 0.244 e. The van der Waals surface area contributed by atoms with Crippen LogP contribution in [0.15, 0.2) is 46.9 Å². The molecule has 29 heavy (non-hydrogen) atoms. The molecule has 0 atom stereocenters. The number of carbonyl (C=O) groups is 1. The number of aromatic nitrogens is 2. The first-order valence-electron chi connectivity index (χ1n) is 9.77. The number of para-hydroxylation sites is 1. The van der Waals surface area contributed by atoms with E-state index in [0.717, 1.165) is 29.7 Å². The van der Waals surface area contributed by atoms with Crippen LogP contribution in [0, 0.1) is 12.7 Å². The van der Waals surface area contributed by atoms with Gasteiger partial charge in [-0.15, -0.1) is 10.2 Å². The van der Waals surface area contributed by atoms with Gasteiger partial charge in [0.1, 0.15) is 5.82 Å². The van der Waals surface area contributed by atoms with Gasteiger partial charge in [0.15, 0.2) is 0 Å². The number of aryl methyl sites for hydroxylation is 1.